The Hall–Kier alpha value is -1.95. The van der Waals surface area contributed by atoms with E-state index >= 15 is 0 Å². The number of carbonyl (C=O) groups is 1. The molecule has 6 nitrogen and oxygen atoms in total. The van der Waals surface area contributed by atoms with Crippen LogP contribution in [-0.2, 0) is 6.61 Å². The molecule has 1 aromatic rings. The zero-order chi connectivity index (χ0) is 13.1. The number of nitrogens with one attached hydrogen (secondary N) is 1. The Labute approximate surface area is 105 Å². The molecule has 1 heterocycles. The normalized spacial score (nSPS) is 18.9. The molecule has 0 unspecified atom stereocenters. The molecule has 0 saturated carbocycles. The van der Waals surface area contributed by atoms with E-state index in [2.05, 4.69) is 10.2 Å². The van der Waals surface area contributed by atoms with Gasteiger partial charge in [0.2, 0.25) is 0 Å². The molecule has 18 heavy (non-hydrogen) atoms. The van der Waals surface area contributed by atoms with E-state index < -0.39 is 6.09 Å². The molecular weight excluding hydrogens is 234 g/mol. The van der Waals surface area contributed by atoms with Crippen LogP contribution in [0.1, 0.15) is 12.0 Å². The van der Waals surface area contributed by atoms with E-state index in [0.717, 1.165) is 24.2 Å². The third-order valence-corrected chi connectivity index (χ3v) is 3.13. The molecule has 0 bridgehead atoms. The molecule has 0 spiro atoms. The van der Waals surface area contributed by atoms with Gasteiger partial charge in [-0.3, -0.25) is 0 Å². The Kier molecular flexibility index (Phi) is 3.57. The van der Waals surface area contributed by atoms with Crippen LogP contribution in [-0.4, -0.2) is 35.4 Å². The van der Waals surface area contributed by atoms with Gasteiger partial charge in [-0.1, -0.05) is 0 Å². The second kappa shape index (κ2) is 5.14. The van der Waals surface area contributed by atoms with Gasteiger partial charge in [-0.25, -0.2) is 4.79 Å². The predicted octanol–water partition coefficient (Wildman–Crippen LogP) is 0.607. The molecule has 98 valence electrons. The lowest BCUT2D eigenvalue weighted by molar-refractivity contribution is 0.191. The van der Waals surface area contributed by atoms with Gasteiger partial charge in [-0.2, -0.15) is 0 Å². The molecule has 5 N–H and O–H groups in total. The van der Waals surface area contributed by atoms with Crippen LogP contribution in [0, 0.1) is 0 Å². The van der Waals surface area contributed by atoms with Crippen LogP contribution in [0.5, 0.6) is 0 Å². The average molecular weight is 251 g/mol. The summed E-state index contributed by atoms with van der Waals surface area (Å²) in [6.07, 6.45) is -0.233. The van der Waals surface area contributed by atoms with Crippen LogP contribution in [0.4, 0.5) is 16.2 Å². The van der Waals surface area contributed by atoms with Crippen molar-refractivity contribution in [3.8, 4) is 0 Å². The second-order valence-corrected chi connectivity index (χ2v) is 4.43. The quantitative estimate of drug-likeness (QED) is 0.590. The van der Waals surface area contributed by atoms with Crippen LogP contribution in [0.2, 0.25) is 0 Å². The molecule has 1 atom stereocenters. The molecular formula is C12H17N3O3. The Morgan fingerprint density at radius 1 is 1.56 bits per heavy atom. The van der Waals surface area contributed by atoms with Gasteiger partial charge in [-0.05, 0) is 24.6 Å². The van der Waals surface area contributed by atoms with Crippen molar-refractivity contribution in [2.24, 2.45) is 0 Å². The topological polar surface area (TPSA) is 98.8 Å². The summed E-state index contributed by atoms with van der Waals surface area (Å²) in [5, 5.41) is 20.5. The summed E-state index contributed by atoms with van der Waals surface area (Å²) < 4.78 is 0. The summed E-state index contributed by atoms with van der Waals surface area (Å²) in [6.45, 7) is 1.30. The van der Waals surface area contributed by atoms with E-state index in [1.54, 1.807) is 12.1 Å². The van der Waals surface area contributed by atoms with Crippen LogP contribution in [0.3, 0.4) is 0 Å². The van der Waals surface area contributed by atoms with E-state index in [1.807, 2.05) is 6.07 Å². The maximum Gasteiger partial charge on any atom is 0.404 e. The van der Waals surface area contributed by atoms with Crippen molar-refractivity contribution in [1.29, 1.82) is 0 Å². The summed E-state index contributed by atoms with van der Waals surface area (Å²) in [5.41, 5.74) is 7.98. The van der Waals surface area contributed by atoms with Gasteiger partial charge in [0.1, 0.15) is 0 Å². The number of nitrogens with zero attached hydrogens (tertiary/aromatic N) is 1. The molecule has 1 aromatic carbocycles. The number of rotatable bonds is 3. The average Bonchev–Trinajstić information content (AvgIpc) is 2.76. The number of nitrogens with two attached hydrogens (primary N) is 1. The van der Waals surface area contributed by atoms with Crippen LogP contribution < -0.4 is 16.0 Å². The minimum atomic E-state index is -0.999. The van der Waals surface area contributed by atoms with Crippen LogP contribution >= 0.6 is 0 Å². The van der Waals surface area contributed by atoms with E-state index in [1.165, 1.54) is 0 Å². The first-order valence-corrected chi connectivity index (χ1v) is 5.84. The Morgan fingerprint density at radius 3 is 3.00 bits per heavy atom. The van der Waals surface area contributed by atoms with Gasteiger partial charge in [0, 0.05) is 30.0 Å². The fourth-order valence-electron chi connectivity index (χ4n) is 2.31. The van der Waals surface area contributed by atoms with E-state index in [-0.39, 0.29) is 12.6 Å². The fraction of sp³-hybridized carbons (Fsp3) is 0.417. The van der Waals surface area contributed by atoms with Gasteiger partial charge < -0.3 is 26.2 Å². The summed E-state index contributed by atoms with van der Waals surface area (Å²) in [6, 6.07) is 5.33. The third kappa shape index (κ3) is 2.65. The number of benzene rings is 1. The number of aliphatic hydroxyl groups is 1. The summed E-state index contributed by atoms with van der Waals surface area (Å²) >= 11 is 0. The highest BCUT2D eigenvalue weighted by atomic mass is 16.4. The number of carboxylic acid groups (broad SMARTS) is 1. The maximum atomic E-state index is 10.6. The number of hydrogen-bond donors (Lipinski definition) is 4. The molecule has 1 aliphatic heterocycles. The second-order valence-electron chi connectivity index (χ2n) is 4.43. The Morgan fingerprint density at radius 2 is 2.33 bits per heavy atom. The van der Waals surface area contributed by atoms with Gasteiger partial charge >= 0.3 is 6.09 Å². The first-order valence-electron chi connectivity index (χ1n) is 5.84. The highest BCUT2D eigenvalue weighted by Crippen LogP contribution is 2.26. The molecule has 0 aromatic heterocycles. The minimum absolute atomic E-state index is 0.0633. The van der Waals surface area contributed by atoms with Gasteiger partial charge in [0.05, 0.1) is 12.6 Å². The van der Waals surface area contributed by atoms with E-state index in [9.17, 15) is 9.90 Å². The van der Waals surface area contributed by atoms with Crippen molar-refractivity contribution in [2.75, 3.05) is 23.7 Å². The molecule has 1 fully saturated rings. The van der Waals surface area contributed by atoms with Crippen molar-refractivity contribution in [3.63, 3.8) is 0 Å². The zero-order valence-electron chi connectivity index (χ0n) is 9.97. The summed E-state index contributed by atoms with van der Waals surface area (Å²) in [7, 11) is 0. The predicted molar refractivity (Wildman–Crippen MR) is 68.6 cm³/mol. The highest BCUT2D eigenvalue weighted by molar-refractivity contribution is 5.65. The molecule has 0 radical (unpaired) electrons. The largest absolute Gasteiger partial charge is 0.465 e. The first-order chi connectivity index (χ1) is 8.60. The molecule has 1 saturated heterocycles. The number of amides is 1. The van der Waals surface area contributed by atoms with Crippen LogP contribution in [0.15, 0.2) is 18.2 Å². The van der Waals surface area contributed by atoms with Crippen molar-refractivity contribution in [1.82, 2.24) is 5.32 Å². The number of hydrogen-bond acceptors (Lipinski definition) is 4. The number of aliphatic hydroxyl groups excluding tert-OH is 1. The third-order valence-electron chi connectivity index (χ3n) is 3.13. The molecule has 6 heteroatoms. The van der Waals surface area contributed by atoms with E-state index in [0.29, 0.717) is 12.2 Å². The minimum Gasteiger partial charge on any atom is -0.465 e. The van der Waals surface area contributed by atoms with Gasteiger partial charge in [-0.15, -0.1) is 0 Å². The van der Waals surface area contributed by atoms with Crippen molar-refractivity contribution < 1.29 is 15.0 Å². The molecule has 1 amide bonds. The van der Waals surface area contributed by atoms with Gasteiger partial charge in [0.15, 0.2) is 0 Å². The lowest BCUT2D eigenvalue weighted by Crippen LogP contribution is -2.36. The van der Waals surface area contributed by atoms with Crippen LogP contribution in [0.25, 0.3) is 0 Å². The fourth-order valence-corrected chi connectivity index (χ4v) is 2.31. The van der Waals surface area contributed by atoms with Crippen molar-refractivity contribution in [3.05, 3.63) is 23.8 Å². The van der Waals surface area contributed by atoms with Crippen molar-refractivity contribution in [2.45, 2.75) is 19.1 Å². The monoisotopic (exact) mass is 251 g/mol. The smallest absolute Gasteiger partial charge is 0.404 e. The molecule has 2 rings (SSSR count). The lowest BCUT2D eigenvalue weighted by atomic mass is 10.1. The number of nitrogen functional groups attached to an aromatic ring is 1. The maximum absolute atomic E-state index is 10.6. The number of anilines is 2. The Bertz CT molecular complexity index is 450. The van der Waals surface area contributed by atoms with Crippen molar-refractivity contribution >= 4 is 17.5 Å². The zero-order valence-corrected chi connectivity index (χ0v) is 9.97. The van der Waals surface area contributed by atoms with Gasteiger partial charge in [0.25, 0.3) is 0 Å². The molecule has 1 aliphatic rings. The van der Waals surface area contributed by atoms with E-state index in [4.69, 9.17) is 10.8 Å². The summed E-state index contributed by atoms with van der Waals surface area (Å²) in [5.74, 6) is 0. The SMILES string of the molecule is Nc1ccc(N2CC[C@@H](NC(=O)O)C2)c(CO)c1. The molecule has 0 aliphatic carbocycles. The Balaban J connectivity index is 2.11. The summed E-state index contributed by atoms with van der Waals surface area (Å²) in [4.78, 5) is 12.6. The standard InChI is InChI=1S/C12H17N3O3/c13-9-1-2-11(8(5-9)7-16)15-4-3-10(6-15)14-12(17)18/h1-2,5,10,14,16H,3-4,6-7,13H2,(H,17,18)/t10-/m1/s1. The highest BCUT2D eigenvalue weighted by Gasteiger charge is 2.25. The lowest BCUT2D eigenvalue weighted by Gasteiger charge is -2.21. The first kappa shape index (κ1) is 12.5.